The maximum atomic E-state index is 10.6. The van der Waals surface area contributed by atoms with Gasteiger partial charge >= 0.3 is 0 Å². The molecule has 2 unspecified atom stereocenters. The molecule has 0 aliphatic heterocycles. The van der Waals surface area contributed by atoms with Gasteiger partial charge in [0, 0.05) is 6.42 Å². The molecule has 5 nitrogen and oxygen atoms in total. The molecule has 1 aliphatic carbocycles. The predicted octanol–water partition coefficient (Wildman–Crippen LogP) is -0.991. The summed E-state index contributed by atoms with van der Waals surface area (Å²) < 4.78 is 0. The van der Waals surface area contributed by atoms with Gasteiger partial charge in [-0.05, 0) is 0 Å². The lowest BCUT2D eigenvalue weighted by Crippen LogP contribution is -2.36. The van der Waals surface area contributed by atoms with E-state index < -0.39 is 29.5 Å². The summed E-state index contributed by atoms with van der Waals surface area (Å²) in [5.41, 5.74) is 0. The Morgan fingerprint density at radius 2 is 1.82 bits per heavy atom. The third-order valence-electron chi connectivity index (χ3n) is 1.55. The molecule has 0 fully saturated rings. The zero-order valence-corrected chi connectivity index (χ0v) is 5.56. The normalized spacial score (nSPS) is 32.7. The molecule has 0 radical (unpaired) electrons. The number of rotatable bonds is 0. The Labute approximate surface area is 62.2 Å². The zero-order valence-electron chi connectivity index (χ0n) is 5.56. The summed E-state index contributed by atoms with van der Waals surface area (Å²) in [7, 11) is 0. The van der Waals surface area contributed by atoms with Crippen molar-refractivity contribution in [2.75, 3.05) is 0 Å². The van der Waals surface area contributed by atoms with Crippen LogP contribution in [0.1, 0.15) is 6.42 Å². The Morgan fingerprint density at radius 1 is 1.27 bits per heavy atom. The minimum Gasteiger partial charge on any atom is -0.506 e. The maximum absolute atomic E-state index is 10.6. The van der Waals surface area contributed by atoms with E-state index in [-0.39, 0.29) is 6.42 Å². The summed E-state index contributed by atoms with van der Waals surface area (Å²) >= 11 is 0. The van der Waals surface area contributed by atoms with Crippen molar-refractivity contribution in [2.24, 2.45) is 0 Å². The van der Waals surface area contributed by atoms with Crippen LogP contribution >= 0.6 is 0 Å². The second-order valence-electron chi connectivity index (χ2n) is 2.37. The number of carbonyl (C=O) groups is 1. The lowest BCUT2D eigenvalue weighted by Gasteiger charge is -2.21. The lowest BCUT2D eigenvalue weighted by molar-refractivity contribution is -0.124. The fraction of sp³-hybridized carbons (Fsp3) is 0.500. The van der Waals surface area contributed by atoms with Gasteiger partial charge in [-0.15, -0.1) is 0 Å². The summed E-state index contributed by atoms with van der Waals surface area (Å²) in [5.74, 6) is -2.48. The van der Waals surface area contributed by atoms with Gasteiger partial charge in [-0.3, -0.25) is 4.79 Å². The highest BCUT2D eigenvalue weighted by molar-refractivity contribution is 5.94. The molecule has 0 aromatic heterocycles. The molecule has 0 amide bonds. The van der Waals surface area contributed by atoms with E-state index in [1.165, 1.54) is 0 Å². The highest BCUT2D eigenvalue weighted by atomic mass is 16.4. The molecule has 0 saturated heterocycles. The number of Topliss-reactive ketones (excluding diaryl/α,β-unsaturated/α-hetero) is 1. The van der Waals surface area contributed by atoms with E-state index in [1.807, 2.05) is 0 Å². The summed E-state index contributed by atoms with van der Waals surface area (Å²) in [6.07, 6.45) is -3.23. The van der Waals surface area contributed by atoms with Gasteiger partial charge in [0.15, 0.2) is 11.5 Å². The number of allylic oxidation sites excluding steroid dienone is 1. The van der Waals surface area contributed by atoms with Crippen molar-refractivity contribution >= 4 is 5.78 Å². The van der Waals surface area contributed by atoms with Gasteiger partial charge in [0.2, 0.25) is 5.78 Å². The molecule has 62 valence electrons. The highest BCUT2D eigenvalue weighted by Gasteiger charge is 2.33. The average molecular weight is 160 g/mol. The standard InChI is InChI=1S/C6H8O5/c7-2-1-3(8)5(10)6(11)4(2)9/h2,4,7,9-11H,1H2. The van der Waals surface area contributed by atoms with Crippen molar-refractivity contribution in [1.29, 1.82) is 0 Å². The van der Waals surface area contributed by atoms with Crippen LogP contribution in [0, 0.1) is 0 Å². The van der Waals surface area contributed by atoms with Crippen LogP contribution < -0.4 is 0 Å². The number of aliphatic hydroxyl groups is 4. The molecule has 1 aliphatic rings. The first-order valence-corrected chi connectivity index (χ1v) is 3.05. The van der Waals surface area contributed by atoms with E-state index >= 15 is 0 Å². The van der Waals surface area contributed by atoms with E-state index in [0.29, 0.717) is 0 Å². The van der Waals surface area contributed by atoms with E-state index in [9.17, 15) is 4.79 Å². The third-order valence-corrected chi connectivity index (χ3v) is 1.55. The Balaban J connectivity index is 2.98. The van der Waals surface area contributed by atoms with Crippen LogP contribution in [0.4, 0.5) is 0 Å². The van der Waals surface area contributed by atoms with Gasteiger partial charge in [-0.25, -0.2) is 0 Å². The molecular formula is C6H8O5. The molecule has 11 heavy (non-hydrogen) atoms. The summed E-state index contributed by atoms with van der Waals surface area (Å²) in [6, 6.07) is 0. The van der Waals surface area contributed by atoms with Gasteiger partial charge in [-0.1, -0.05) is 0 Å². The van der Waals surface area contributed by atoms with Gasteiger partial charge in [0.1, 0.15) is 6.10 Å². The molecular weight excluding hydrogens is 152 g/mol. The second-order valence-corrected chi connectivity index (χ2v) is 2.37. The Bertz CT molecular complexity index is 219. The first-order chi connectivity index (χ1) is 5.04. The minimum atomic E-state index is -1.55. The zero-order chi connectivity index (χ0) is 8.59. The van der Waals surface area contributed by atoms with E-state index in [1.54, 1.807) is 0 Å². The summed E-state index contributed by atoms with van der Waals surface area (Å²) in [4.78, 5) is 10.6. The molecule has 0 spiro atoms. The largest absolute Gasteiger partial charge is 0.506 e. The molecule has 1 rings (SSSR count). The number of hydrogen-bond acceptors (Lipinski definition) is 5. The Hall–Kier alpha value is -1.07. The number of aliphatic hydroxyl groups excluding tert-OH is 4. The van der Waals surface area contributed by atoms with Crippen LogP contribution in [0.25, 0.3) is 0 Å². The second kappa shape index (κ2) is 2.52. The fourth-order valence-corrected chi connectivity index (χ4v) is 0.863. The maximum Gasteiger partial charge on any atom is 0.203 e. The van der Waals surface area contributed by atoms with Crippen molar-refractivity contribution in [3.63, 3.8) is 0 Å². The quantitative estimate of drug-likeness (QED) is 0.364. The molecule has 0 aromatic rings. The highest BCUT2D eigenvalue weighted by Crippen LogP contribution is 2.18. The first-order valence-electron chi connectivity index (χ1n) is 3.05. The Morgan fingerprint density at radius 3 is 2.36 bits per heavy atom. The van der Waals surface area contributed by atoms with Crippen molar-refractivity contribution in [3.05, 3.63) is 11.5 Å². The molecule has 4 N–H and O–H groups in total. The first kappa shape index (κ1) is 8.03. The number of carbonyl (C=O) groups excluding carboxylic acids is 1. The van der Waals surface area contributed by atoms with Crippen molar-refractivity contribution in [3.8, 4) is 0 Å². The Kier molecular flexibility index (Phi) is 1.84. The van der Waals surface area contributed by atoms with Crippen LogP contribution in [0.15, 0.2) is 11.5 Å². The molecule has 0 aromatic carbocycles. The van der Waals surface area contributed by atoms with Gasteiger partial charge < -0.3 is 20.4 Å². The van der Waals surface area contributed by atoms with Crippen LogP contribution in [-0.2, 0) is 4.79 Å². The molecule has 0 bridgehead atoms. The summed E-state index contributed by atoms with van der Waals surface area (Å²) in [5, 5.41) is 35.3. The SMILES string of the molecule is O=C1CC(O)C(O)C(O)=C1O. The number of ketones is 1. The fourth-order valence-electron chi connectivity index (χ4n) is 0.863. The molecule has 5 heteroatoms. The predicted molar refractivity (Wildman–Crippen MR) is 33.9 cm³/mol. The topological polar surface area (TPSA) is 98.0 Å². The van der Waals surface area contributed by atoms with E-state index in [0.717, 1.165) is 0 Å². The smallest absolute Gasteiger partial charge is 0.203 e. The van der Waals surface area contributed by atoms with Gasteiger partial charge in [0.05, 0.1) is 6.10 Å². The van der Waals surface area contributed by atoms with Crippen LogP contribution in [0.5, 0.6) is 0 Å². The minimum absolute atomic E-state index is 0.364. The van der Waals surface area contributed by atoms with Crippen LogP contribution in [0.2, 0.25) is 0 Å². The van der Waals surface area contributed by atoms with Crippen molar-refractivity contribution in [1.82, 2.24) is 0 Å². The van der Waals surface area contributed by atoms with Crippen LogP contribution in [-0.4, -0.2) is 38.4 Å². The molecule has 0 saturated carbocycles. The van der Waals surface area contributed by atoms with E-state index in [4.69, 9.17) is 20.4 Å². The van der Waals surface area contributed by atoms with Gasteiger partial charge in [-0.2, -0.15) is 0 Å². The van der Waals surface area contributed by atoms with E-state index in [2.05, 4.69) is 0 Å². The lowest BCUT2D eigenvalue weighted by atomic mass is 9.97. The van der Waals surface area contributed by atoms with Gasteiger partial charge in [0.25, 0.3) is 0 Å². The van der Waals surface area contributed by atoms with Crippen molar-refractivity contribution < 1.29 is 25.2 Å². The molecule has 0 heterocycles. The monoisotopic (exact) mass is 160 g/mol. The van der Waals surface area contributed by atoms with Crippen LogP contribution in [0.3, 0.4) is 0 Å². The summed E-state index contributed by atoms with van der Waals surface area (Å²) in [6.45, 7) is 0. The number of hydrogen-bond donors (Lipinski definition) is 4. The van der Waals surface area contributed by atoms with Crippen molar-refractivity contribution in [2.45, 2.75) is 18.6 Å². The average Bonchev–Trinajstić information content (AvgIpc) is 1.97. The molecule has 2 atom stereocenters. The third kappa shape index (κ3) is 1.20.